The van der Waals surface area contributed by atoms with E-state index in [9.17, 15) is 18.0 Å². The van der Waals surface area contributed by atoms with Gasteiger partial charge in [-0.25, -0.2) is 13.2 Å². The van der Waals surface area contributed by atoms with Gasteiger partial charge in [0.25, 0.3) is 0 Å². The minimum absolute atomic E-state index is 0.0194. The fraction of sp³-hybridized carbons (Fsp3) is 0.273. The highest BCUT2D eigenvalue weighted by Gasteiger charge is 2.45. The van der Waals surface area contributed by atoms with Crippen LogP contribution in [-0.4, -0.2) is 44.7 Å². The fourth-order valence-corrected chi connectivity index (χ4v) is 3.34. The number of fused-ring (bicyclic) bond motifs is 1. The molecule has 1 aromatic carbocycles. The molecular weight excluding hydrogens is 258 g/mol. The van der Waals surface area contributed by atoms with Crippen molar-refractivity contribution in [2.45, 2.75) is 10.9 Å². The largest absolute Gasteiger partial charge is 0.467 e. The maximum atomic E-state index is 12.1. The number of carbonyl (C=O) groups is 2. The normalized spacial score (nSPS) is 22.3. The van der Waals surface area contributed by atoms with E-state index in [0.29, 0.717) is 0 Å². The van der Waals surface area contributed by atoms with Gasteiger partial charge in [-0.3, -0.25) is 4.79 Å². The quantitative estimate of drug-likeness (QED) is 0.531. The summed E-state index contributed by atoms with van der Waals surface area (Å²) >= 11 is 0. The van der Waals surface area contributed by atoms with E-state index in [4.69, 9.17) is 0 Å². The monoisotopic (exact) mass is 269 g/mol. The molecule has 0 fully saturated rings. The van der Waals surface area contributed by atoms with Crippen LogP contribution in [0.2, 0.25) is 0 Å². The smallest absolute Gasteiger partial charge is 0.332 e. The predicted molar refractivity (Wildman–Crippen MR) is 61.5 cm³/mol. The standard InChI is InChI=1S/C11H11NO5S/c1-12-9(11(14)17-2)10(13)7-5-3-4-6-8(7)18(12,15)16/h3-6,9H,1-2H3. The molecule has 0 N–H and O–H groups in total. The minimum Gasteiger partial charge on any atom is -0.467 e. The van der Waals surface area contributed by atoms with Gasteiger partial charge in [-0.2, -0.15) is 4.31 Å². The van der Waals surface area contributed by atoms with Crippen LogP contribution in [0.25, 0.3) is 0 Å². The third kappa shape index (κ3) is 1.63. The summed E-state index contributed by atoms with van der Waals surface area (Å²) in [5.41, 5.74) is 0.0194. The van der Waals surface area contributed by atoms with E-state index < -0.39 is 27.8 Å². The average molecular weight is 269 g/mol. The van der Waals surface area contributed by atoms with Crippen LogP contribution in [0.1, 0.15) is 10.4 Å². The number of sulfonamides is 1. The Morgan fingerprint density at radius 2 is 1.94 bits per heavy atom. The van der Waals surface area contributed by atoms with Crippen LogP contribution in [0, 0.1) is 0 Å². The Kier molecular flexibility index (Phi) is 2.95. The van der Waals surface area contributed by atoms with Crippen LogP contribution in [-0.2, 0) is 19.6 Å². The number of hydrogen-bond acceptors (Lipinski definition) is 5. The first-order chi connectivity index (χ1) is 8.41. The van der Waals surface area contributed by atoms with E-state index in [-0.39, 0.29) is 10.5 Å². The van der Waals surface area contributed by atoms with Gasteiger partial charge in [0.2, 0.25) is 10.0 Å². The van der Waals surface area contributed by atoms with Gasteiger partial charge in [-0.05, 0) is 12.1 Å². The van der Waals surface area contributed by atoms with Gasteiger partial charge < -0.3 is 4.74 Å². The molecule has 0 spiro atoms. The number of ether oxygens (including phenoxy) is 1. The first-order valence-corrected chi connectivity index (χ1v) is 6.54. The number of likely N-dealkylation sites (N-methyl/N-ethyl adjacent to an activating group) is 1. The number of rotatable bonds is 1. The molecule has 6 nitrogen and oxygen atoms in total. The van der Waals surface area contributed by atoms with Crippen molar-refractivity contribution >= 4 is 21.8 Å². The van der Waals surface area contributed by atoms with Crippen molar-refractivity contribution in [2.75, 3.05) is 14.2 Å². The molecule has 1 aromatic rings. The Balaban J connectivity index is 2.69. The molecule has 0 saturated heterocycles. The number of methoxy groups -OCH3 is 1. The first-order valence-electron chi connectivity index (χ1n) is 5.10. The van der Waals surface area contributed by atoms with Gasteiger partial charge in [0.05, 0.1) is 12.0 Å². The molecule has 0 amide bonds. The number of benzene rings is 1. The van der Waals surface area contributed by atoms with Crippen molar-refractivity contribution in [1.29, 1.82) is 0 Å². The van der Waals surface area contributed by atoms with Crippen LogP contribution in [0.3, 0.4) is 0 Å². The highest BCUT2D eigenvalue weighted by molar-refractivity contribution is 7.89. The van der Waals surface area contributed by atoms with Gasteiger partial charge >= 0.3 is 5.97 Å². The number of ketones is 1. The zero-order valence-electron chi connectivity index (χ0n) is 9.78. The maximum Gasteiger partial charge on any atom is 0.332 e. The van der Waals surface area contributed by atoms with Gasteiger partial charge in [-0.15, -0.1) is 0 Å². The lowest BCUT2D eigenvalue weighted by Gasteiger charge is -2.29. The molecule has 96 valence electrons. The molecule has 18 heavy (non-hydrogen) atoms. The van der Waals surface area contributed by atoms with Crippen LogP contribution in [0.4, 0.5) is 0 Å². The molecule has 0 saturated carbocycles. The topological polar surface area (TPSA) is 80.8 Å². The molecular formula is C11H11NO5S. The average Bonchev–Trinajstić information content (AvgIpc) is 2.37. The van der Waals surface area contributed by atoms with E-state index in [0.717, 1.165) is 11.4 Å². The summed E-state index contributed by atoms with van der Waals surface area (Å²) in [5, 5.41) is 0. The third-order valence-electron chi connectivity index (χ3n) is 2.85. The lowest BCUT2D eigenvalue weighted by molar-refractivity contribution is -0.143. The van der Waals surface area contributed by atoms with Gasteiger partial charge in [-0.1, -0.05) is 12.1 Å². The lowest BCUT2D eigenvalue weighted by atomic mass is 10.0. The van der Waals surface area contributed by atoms with Crippen molar-refractivity contribution in [3.05, 3.63) is 29.8 Å². The van der Waals surface area contributed by atoms with E-state index in [2.05, 4.69) is 4.74 Å². The highest BCUT2D eigenvalue weighted by Crippen LogP contribution is 2.28. The number of nitrogens with zero attached hydrogens (tertiary/aromatic N) is 1. The highest BCUT2D eigenvalue weighted by atomic mass is 32.2. The number of hydrogen-bond donors (Lipinski definition) is 0. The summed E-state index contributed by atoms with van der Waals surface area (Å²) in [7, 11) is -1.55. The van der Waals surface area contributed by atoms with Gasteiger partial charge in [0.15, 0.2) is 11.8 Å². The molecule has 1 heterocycles. The third-order valence-corrected chi connectivity index (χ3v) is 4.73. The van der Waals surface area contributed by atoms with Crippen molar-refractivity contribution in [3.8, 4) is 0 Å². The Morgan fingerprint density at radius 3 is 2.56 bits per heavy atom. The summed E-state index contributed by atoms with van der Waals surface area (Å²) in [6.45, 7) is 0. The molecule has 0 radical (unpaired) electrons. The zero-order chi connectivity index (χ0) is 13.5. The van der Waals surface area contributed by atoms with Crippen molar-refractivity contribution in [2.24, 2.45) is 0 Å². The molecule has 1 unspecified atom stereocenters. The second kappa shape index (κ2) is 4.18. The molecule has 2 rings (SSSR count). The van der Waals surface area contributed by atoms with Crippen molar-refractivity contribution in [3.63, 3.8) is 0 Å². The summed E-state index contributed by atoms with van der Waals surface area (Å²) < 4.78 is 29.5. The second-order valence-corrected chi connectivity index (χ2v) is 5.77. The predicted octanol–water partition coefficient (Wildman–Crippen LogP) is 0.0450. The number of esters is 1. The second-order valence-electron chi connectivity index (χ2n) is 3.81. The molecule has 0 bridgehead atoms. The molecule has 0 aromatic heterocycles. The van der Waals surface area contributed by atoms with Crippen LogP contribution in [0.5, 0.6) is 0 Å². The van der Waals surface area contributed by atoms with E-state index in [1.54, 1.807) is 6.07 Å². The van der Waals surface area contributed by atoms with Crippen LogP contribution < -0.4 is 0 Å². The molecule has 7 heteroatoms. The number of Topliss-reactive ketones (excluding diaryl/α,β-unsaturated/α-hetero) is 1. The summed E-state index contributed by atoms with van der Waals surface area (Å²) in [6.07, 6.45) is 0. The lowest BCUT2D eigenvalue weighted by Crippen LogP contribution is -2.51. The van der Waals surface area contributed by atoms with E-state index >= 15 is 0 Å². The van der Waals surface area contributed by atoms with Crippen molar-refractivity contribution in [1.82, 2.24) is 4.31 Å². The van der Waals surface area contributed by atoms with E-state index in [1.807, 2.05) is 0 Å². The van der Waals surface area contributed by atoms with Gasteiger partial charge in [0.1, 0.15) is 0 Å². The SMILES string of the molecule is COC(=O)C1C(=O)c2ccccc2S(=O)(=O)N1C. The minimum atomic E-state index is -3.85. The summed E-state index contributed by atoms with van der Waals surface area (Å²) in [5.74, 6) is -1.46. The molecule has 1 aliphatic heterocycles. The molecule has 1 atom stereocenters. The molecule has 0 aliphatic carbocycles. The van der Waals surface area contributed by atoms with E-state index in [1.165, 1.54) is 25.2 Å². The summed E-state index contributed by atoms with van der Waals surface area (Å²) in [6, 6.07) is 4.35. The Labute approximate surface area is 104 Å². The zero-order valence-corrected chi connectivity index (χ0v) is 10.6. The van der Waals surface area contributed by atoms with Crippen LogP contribution >= 0.6 is 0 Å². The number of carbonyl (C=O) groups excluding carboxylic acids is 2. The van der Waals surface area contributed by atoms with Crippen LogP contribution in [0.15, 0.2) is 29.2 Å². The van der Waals surface area contributed by atoms with Gasteiger partial charge in [0, 0.05) is 12.6 Å². The summed E-state index contributed by atoms with van der Waals surface area (Å²) in [4.78, 5) is 23.6. The fourth-order valence-electron chi connectivity index (χ4n) is 1.87. The maximum absolute atomic E-state index is 12.1. The Bertz CT molecular complexity index is 622. The Morgan fingerprint density at radius 1 is 1.33 bits per heavy atom. The Hall–Kier alpha value is -1.73. The molecule has 1 aliphatic rings. The first kappa shape index (κ1) is 12.7. The van der Waals surface area contributed by atoms with Crippen molar-refractivity contribution < 1.29 is 22.7 Å².